The minimum atomic E-state index is -0.620. The number of hydrogen-bond donors (Lipinski definition) is 2. The molecule has 23 heavy (non-hydrogen) atoms. The van der Waals surface area contributed by atoms with E-state index in [-0.39, 0.29) is 17.6 Å². The van der Waals surface area contributed by atoms with Crippen LogP contribution >= 0.6 is 0 Å². The number of ether oxygens (including phenoxy) is 1. The van der Waals surface area contributed by atoms with E-state index in [1.165, 1.54) is 11.0 Å². The molecule has 0 aromatic carbocycles. The number of fused-ring (bicyclic) bond motifs is 1. The summed E-state index contributed by atoms with van der Waals surface area (Å²) in [6, 6.07) is 1.26. The molecular formula is C15H18N4O4. The van der Waals surface area contributed by atoms with Gasteiger partial charge in [0.1, 0.15) is 5.60 Å². The van der Waals surface area contributed by atoms with Crippen LogP contribution in [0.25, 0.3) is 0 Å². The lowest BCUT2D eigenvalue weighted by molar-refractivity contribution is -0.145. The molecule has 0 unspecified atom stereocenters. The number of likely N-dealkylation sites (tertiary alicyclic amines) is 1. The van der Waals surface area contributed by atoms with Gasteiger partial charge in [-0.3, -0.25) is 19.5 Å². The fourth-order valence-electron chi connectivity index (χ4n) is 3.49. The summed E-state index contributed by atoms with van der Waals surface area (Å²) < 4.78 is 5.57. The van der Waals surface area contributed by atoms with E-state index in [0.29, 0.717) is 31.3 Å². The zero-order chi connectivity index (χ0) is 16.2. The van der Waals surface area contributed by atoms with Crippen molar-refractivity contribution in [1.82, 2.24) is 20.4 Å². The Morgan fingerprint density at radius 1 is 1.43 bits per heavy atom. The summed E-state index contributed by atoms with van der Waals surface area (Å²) >= 11 is 0. The molecular weight excluding hydrogens is 300 g/mol. The third kappa shape index (κ3) is 2.24. The SMILES string of the molecule is Cc1cc(=O)c(C(=O)N2CC(NC(=O)C34CC(CO3)C4)C2)n[nH]1. The molecule has 4 fully saturated rings. The predicted octanol–water partition coefficient (Wildman–Crippen LogP) is -0.802. The number of carbonyl (C=O) groups excluding carboxylic acids is 2. The maximum Gasteiger partial charge on any atom is 0.278 e. The molecule has 2 amide bonds. The Balaban J connectivity index is 1.33. The maximum absolute atomic E-state index is 12.2. The average Bonchev–Trinajstić information content (AvgIpc) is 3.02. The molecule has 1 aromatic rings. The van der Waals surface area contributed by atoms with Crippen LogP contribution in [0.15, 0.2) is 10.9 Å². The van der Waals surface area contributed by atoms with Crippen LogP contribution in [-0.4, -0.2) is 58.3 Å². The molecule has 3 aliphatic heterocycles. The summed E-state index contributed by atoms with van der Waals surface area (Å²) in [7, 11) is 0. The number of H-pyrrole nitrogens is 1. The third-order valence-electron chi connectivity index (χ3n) is 4.88. The van der Waals surface area contributed by atoms with E-state index in [2.05, 4.69) is 15.5 Å². The summed E-state index contributed by atoms with van der Waals surface area (Å²) in [6.07, 6.45) is 1.60. The third-order valence-corrected chi connectivity index (χ3v) is 4.88. The van der Waals surface area contributed by atoms with Crippen molar-refractivity contribution in [2.45, 2.75) is 31.4 Å². The largest absolute Gasteiger partial charge is 0.365 e. The molecule has 1 saturated carbocycles. The van der Waals surface area contributed by atoms with Crippen LogP contribution in [-0.2, 0) is 9.53 Å². The van der Waals surface area contributed by atoms with E-state index in [1.807, 2.05) is 0 Å². The number of nitrogens with zero attached hydrogens (tertiary/aromatic N) is 2. The van der Waals surface area contributed by atoms with Crippen molar-refractivity contribution < 1.29 is 14.3 Å². The second kappa shape index (κ2) is 4.89. The standard InChI is InChI=1S/C15H18N4O4/c1-8-2-11(20)12(18-17-8)13(21)19-5-10(6-19)16-14(22)15-3-9(4-15)7-23-15/h2,9-10H,3-7H2,1H3,(H,16,22)(H,17,20). The van der Waals surface area contributed by atoms with E-state index in [0.717, 1.165) is 12.8 Å². The van der Waals surface area contributed by atoms with Crippen molar-refractivity contribution >= 4 is 11.8 Å². The van der Waals surface area contributed by atoms with Crippen molar-refractivity contribution in [2.75, 3.05) is 19.7 Å². The zero-order valence-corrected chi connectivity index (χ0v) is 12.8. The number of nitrogens with one attached hydrogen (secondary N) is 2. The molecule has 8 nitrogen and oxygen atoms in total. The lowest BCUT2D eigenvalue weighted by atomic mass is 9.74. The zero-order valence-electron chi connectivity index (χ0n) is 12.8. The topological polar surface area (TPSA) is 104 Å². The van der Waals surface area contributed by atoms with Crippen molar-refractivity contribution in [1.29, 1.82) is 0 Å². The number of aromatic amines is 1. The number of amides is 2. The van der Waals surface area contributed by atoms with Crippen molar-refractivity contribution in [3.05, 3.63) is 27.7 Å². The van der Waals surface area contributed by atoms with Crippen molar-refractivity contribution in [3.8, 4) is 0 Å². The molecule has 122 valence electrons. The first-order valence-corrected chi connectivity index (χ1v) is 7.77. The van der Waals surface area contributed by atoms with E-state index in [4.69, 9.17) is 4.74 Å². The Labute approximate surface area is 132 Å². The maximum atomic E-state index is 12.2. The number of aromatic nitrogens is 2. The highest BCUT2D eigenvalue weighted by molar-refractivity contribution is 5.93. The van der Waals surface area contributed by atoms with Crippen LogP contribution in [0.1, 0.15) is 29.0 Å². The van der Waals surface area contributed by atoms with Gasteiger partial charge in [-0.25, -0.2) is 0 Å². The van der Waals surface area contributed by atoms with E-state index in [1.54, 1.807) is 6.92 Å². The van der Waals surface area contributed by atoms with E-state index < -0.39 is 16.9 Å². The van der Waals surface area contributed by atoms with Gasteiger partial charge in [0, 0.05) is 24.8 Å². The molecule has 4 aliphatic rings. The Morgan fingerprint density at radius 3 is 2.78 bits per heavy atom. The Morgan fingerprint density at radius 2 is 2.17 bits per heavy atom. The number of carbonyl (C=O) groups is 2. The van der Waals surface area contributed by atoms with Gasteiger partial charge in [-0.1, -0.05) is 0 Å². The first-order valence-electron chi connectivity index (χ1n) is 7.77. The molecule has 4 heterocycles. The van der Waals surface area contributed by atoms with Gasteiger partial charge in [-0.2, -0.15) is 5.10 Å². The molecule has 1 aliphatic carbocycles. The van der Waals surface area contributed by atoms with Gasteiger partial charge in [0.25, 0.3) is 11.8 Å². The minimum Gasteiger partial charge on any atom is -0.365 e. The lowest BCUT2D eigenvalue weighted by Crippen LogP contribution is -2.65. The van der Waals surface area contributed by atoms with Gasteiger partial charge in [0.2, 0.25) is 5.43 Å². The molecule has 2 N–H and O–H groups in total. The summed E-state index contributed by atoms with van der Waals surface area (Å²) in [4.78, 5) is 37.8. The molecule has 1 aromatic heterocycles. The minimum absolute atomic E-state index is 0.0744. The average molecular weight is 318 g/mol. The van der Waals surface area contributed by atoms with E-state index >= 15 is 0 Å². The first-order chi connectivity index (χ1) is 11.0. The summed E-state index contributed by atoms with van der Waals surface area (Å²) in [5.74, 6) is 0.0462. The molecule has 2 bridgehead atoms. The summed E-state index contributed by atoms with van der Waals surface area (Å²) in [6.45, 7) is 3.15. The van der Waals surface area contributed by atoms with Crippen LogP contribution in [0.3, 0.4) is 0 Å². The second-order valence-electron chi connectivity index (χ2n) is 6.72. The lowest BCUT2D eigenvalue weighted by Gasteiger charge is -2.42. The molecule has 0 atom stereocenters. The Kier molecular flexibility index (Phi) is 3.06. The van der Waals surface area contributed by atoms with Gasteiger partial charge in [0.05, 0.1) is 12.6 Å². The van der Waals surface area contributed by atoms with Crippen LogP contribution in [0.4, 0.5) is 0 Å². The second-order valence-corrected chi connectivity index (χ2v) is 6.72. The Hall–Kier alpha value is -2.22. The van der Waals surface area contributed by atoms with Gasteiger partial charge in [0.15, 0.2) is 5.69 Å². The monoisotopic (exact) mass is 318 g/mol. The fourth-order valence-corrected chi connectivity index (χ4v) is 3.49. The van der Waals surface area contributed by atoms with E-state index in [9.17, 15) is 14.4 Å². The number of aryl methyl sites for hydroxylation is 1. The molecule has 0 radical (unpaired) electrons. The quantitative estimate of drug-likeness (QED) is 0.759. The van der Waals surface area contributed by atoms with Crippen molar-refractivity contribution in [2.24, 2.45) is 5.92 Å². The normalized spacial score (nSPS) is 28.9. The molecule has 5 rings (SSSR count). The highest BCUT2D eigenvalue weighted by Gasteiger charge is 2.57. The number of rotatable bonds is 3. The summed E-state index contributed by atoms with van der Waals surface area (Å²) in [5.41, 5.74) is -0.516. The highest BCUT2D eigenvalue weighted by atomic mass is 16.5. The summed E-state index contributed by atoms with van der Waals surface area (Å²) in [5, 5.41) is 9.38. The smallest absolute Gasteiger partial charge is 0.278 e. The van der Waals surface area contributed by atoms with Crippen LogP contribution < -0.4 is 10.7 Å². The van der Waals surface area contributed by atoms with Crippen LogP contribution in [0, 0.1) is 12.8 Å². The predicted molar refractivity (Wildman–Crippen MR) is 78.8 cm³/mol. The van der Waals surface area contributed by atoms with Crippen molar-refractivity contribution in [3.63, 3.8) is 0 Å². The first kappa shape index (κ1) is 14.4. The number of hydrogen-bond acceptors (Lipinski definition) is 5. The fraction of sp³-hybridized carbons (Fsp3) is 0.600. The van der Waals surface area contributed by atoms with Gasteiger partial charge in [-0.05, 0) is 25.7 Å². The van der Waals surface area contributed by atoms with Crippen LogP contribution in [0.2, 0.25) is 0 Å². The molecule has 0 spiro atoms. The Bertz CT molecular complexity index is 726. The van der Waals surface area contributed by atoms with Gasteiger partial charge >= 0.3 is 0 Å². The molecule has 3 saturated heterocycles. The highest BCUT2D eigenvalue weighted by Crippen LogP contribution is 2.48. The van der Waals surface area contributed by atoms with Crippen LogP contribution in [0.5, 0.6) is 0 Å². The van der Waals surface area contributed by atoms with Gasteiger partial charge in [-0.15, -0.1) is 0 Å². The van der Waals surface area contributed by atoms with Gasteiger partial charge < -0.3 is 15.0 Å². The molecule has 8 heteroatoms.